The summed E-state index contributed by atoms with van der Waals surface area (Å²) >= 11 is 0. The van der Waals surface area contributed by atoms with Crippen LogP contribution in [0, 0.1) is 5.92 Å². The molecule has 3 N–H and O–H groups in total. The van der Waals surface area contributed by atoms with E-state index >= 15 is 0 Å². The molecule has 0 aliphatic heterocycles. The van der Waals surface area contributed by atoms with Crippen molar-refractivity contribution in [3.63, 3.8) is 0 Å². The topological polar surface area (TPSA) is 55.9 Å². The van der Waals surface area contributed by atoms with Crippen molar-refractivity contribution in [1.82, 2.24) is 15.2 Å². The third-order valence-electron chi connectivity index (χ3n) is 3.30. The Kier molecular flexibility index (Phi) is 6.22. The Hall–Kier alpha value is -0.870. The van der Waals surface area contributed by atoms with Crippen molar-refractivity contribution in [2.45, 2.75) is 52.0 Å². The van der Waals surface area contributed by atoms with Crippen LogP contribution >= 0.6 is 0 Å². The van der Waals surface area contributed by atoms with E-state index in [1.165, 1.54) is 25.7 Å². The van der Waals surface area contributed by atoms with Crippen LogP contribution in [0.3, 0.4) is 0 Å². The summed E-state index contributed by atoms with van der Waals surface area (Å²) in [6.07, 6.45) is 7.79. The maximum absolute atomic E-state index is 5.70. The van der Waals surface area contributed by atoms with Crippen molar-refractivity contribution in [3.8, 4) is 0 Å². The molecule has 4 heteroatoms. The average molecular weight is 238 g/mol. The average Bonchev–Trinajstić information content (AvgIpc) is 2.72. The molecule has 0 radical (unpaired) electrons. The van der Waals surface area contributed by atoms with Gasteiger partial charge in [0.1, 0.15) is 0 Å². The molecule has 0 aliphatic rings. The Labute approximate surface area is 105 Å². The van der Waals surface area contributed by atoms with Gasteiger partial charge in [0.2, 0.25) is 0 Å². The highest BCUT2D eigenvalue weighted by atomic mass is 15.3. The second kappa shape index (κ2) is 7.45. The van der Waals surface area contributed by atoms with Crippen LogP contribution in [0.25, 0.3) is 0 Å². The van der Waals surface area contributed by atoms with Gasteiger partial charge in [0.05, 0.1) is 5.69 Å². The Morgan fingerprint density at radius 1 is 1.35 bits per heavy atom. The number of nitrogens with zero attached hydrogens (tertiary/aromatic N) is 2. The zero-order valence-electron chi connectivity index (χ0n) is 11.3. The Bertz CT molecular complexity index is 302. The Morgan fingerprint density at radius 2 is 2.00 bits per heavy atom. The monoisotopic (exact) mass is 238 g/mol. The van der Waals surface area contributed by atoms with Crippen LogP contribution in [0.4, 0.5) is 0 Å². The molecule has 0 saturated heterocycles. The fourth-order valence-corrected chi connectivity index (χ4v) is 2.45. The molecule has 1 atom stereocenters. The lowest BCUT2D eigenvalue weighted by Gasteiger charge is -2.25. The lowest BCUT2D eigenvalue weighted by atomic mass is 9.88. The second-order valence-electron chi connectivity index (χ2n) is 4.80. The summed E-state index contributed by atoms with van der Waals surface area (Å²) in [7, 11) is 1.95. The maximum atomic E-state index is 5.70. The van der Waals surface area contributed by atoms with Crippen LogP contribution in [-0.4, -0.2) is 15.8 Å². The molecule has 4 nitrogen and oxygen atoms in total. The van der Waals surface area contributed by atoms with E-state index in [0.29, 0.717) is 12.0 Å². The number of aromatic nitrogens is 2. The van der Waals surface area contributed by atoms with E-state index in [0.717, 1.165) is 12.1 Å². The zero-order valence-corrected chi connectivity index (χ0v) is 11.3. The van der Waals surface area contributed by atoms with Crippen molar-refractivity contribution in [2.24, 2.45) is 18.8 Å². The van der Waals surface area contributed by atoms with E-state index in [4.69, 9.17) is 5.84 Å². The van der Waals surface area contributed by atoms with Crippen LogP contribution in [0.15, 0.2) is 12.3 Å². The summed E-state index contributed by atoms with van der Waals surface area (Å²) in [6, 6.07) is 2.41. The van der Waals surface area contributed by atoms with Crippen LogP contribution in [0.5, 0.6) is 0 Å². The van der Waals surface area contributed by atoms with Crippen molar-refractivity contribution in [2.75, 3.05) is 0 Å². The first-order valence-corrected chi connectivity index (χ1v) is 6.65. The lowest BCUT2D eigenvalue weighted by molar-refractivity contribution is 0.309. The predicted octanol–water partition coefficient (Wildman–Crippen LogP) is 2.01. The molecule has 17 heavy (non-hydrogen) atoms. The molecule has 1 rings (SSSR count). The van der Waals surface area contributed by atoms with E-state index in [1.807, 2.05) is 17.9 Å². The second-order valence-corrected chi connectivity index (χ2v) is 4.80. The van der Waals surface area contributed by atoms with Crippen LogP contribution < -0.4 is 11.3 Å². The smallest absolute Gasteiger partial charge is 0.0640 e. The number of nitrogens with one attached hydrogen (secondary N) is 1. The van der Waals surface area contributed by atoms with E-state index in [9.17, 15) is 0 Å². The highest BCUT2D eigenvalue weighted by Gasteiger charge is 2.20. The molecule has 0 fully saturated rings. The highest BCUT2D eigenvalue weighted by molar-refractivity contribution is 5.02. The summed E-state index contributed by atoms with van der Waals surface area (Å²) in [6.45, 7) is 4.47. The van der Waals surface area contributed by atoms with Gasteiger partial charge in [-0.1, -0.05) is 26.7 Å². The summed E-state index contributed by atoms with van der Waals surface area (Å²) in [5, 5.41) is 4.42. The molecule has 0 aliphatic carbocycles. The number of rotatable bonds is 8. The number of hydrogen-bond acceptors (Lipinski definition) is 3. The SMILES string of the molecule is CCCC(CCC)C(Cc1ccn(C)n1)NN. The van der Waals surface area contributed by atoms with Gasteiger partial charge in [0, 0.05) is 25.7 Å². The molecular formula is C13H26N4. The zero-order chi connectivity index (χ0) is 12.7. The summed E-state index contributed by atoms with van der Waals surface area (Å²) in [5.41, 5.74) is 4.10. The van der Waals surface area contributed by atoms with Crippen LogP contribution in [0.2, 0.25) is 0 Å². The van der Waals surface area contributed by atoms with E-state index < -0.39 is 0 Å². The quantitative estimate of drug-likeness (QED) is 0.538. The number of hydrazine groups is 1. The Morgan fingerprint density at radius 3 is 2.41 bits per heavy atom. The van der Waals surface area contributed by atoms with Gasteiger partial charge in [-0.05, 0) is 24.8 Å². The minimum absolute atomic E-state index is 0.338. The normalized spacial score (nSPS) is 13.2. The molecule has 0 amide bonds. The molecule has 0 saturated carbocycles. The molecule has 0 aromatic carbocycles. The number of aryl methyl sites for hydroxylation is 1. The lowest BCUT2D eigenvalue weighted by Crippen LogP contribution is -2.42. The standard InChI is InChI=1S/C13H26N4/c1-4-6-11(7-5-2)13(15-14)10-12-8-9-17(3)16-12/h8-9,11,13,15H,4-7,10,14H2,1-3H3. The first-order chi connectivity index (χ1) is 8.21. The van der Waals surface area contributed by atoms with Crippen molar-refractivity contribution in [1.29, 1.82) is 0 Å². The first-order valence-electron chi connectivity index (χ1n) is 6.65. The predicted molar refractivity (Wildman–Crippen MR) is 71.3 cm³/mol. The minimum atomic E-state index is 0.338. The molecular weight excluding hydrogens is 212 g/mol. The van der Waals surface area contributed by atoms with Gasteiger partial charge in [-0.15, -0.1) is 0 Å². The molecule has 1 unspecified atom stereocenters. The minimum Gasteiger partial charge on any atom is -0.276 e. The van der Waals surface area contributed by atoms with Gasteiger partial charge in [-0.3, -0.25) is 16.0 Å². The molecule has 1 aromatic rings. The van der Waals surface area contributed by atoms with Gasteiger partial charge in [-0.2, -0.15) is 5.10 Å². The number of nitrogens with two attached hydrogens (primary N) is 1. The number of hydrogen-bond donors (Lipinski definition) is 2. The third-order valence-corrected chi connectivity index (χ3v) is 3.30. The van der Waals surface area contributed by atoms with Gasteiger partial charge in [-0.25, -0.2) is 0 Å². The molecule has 0 spiro atoms. The largest absolute Gasteiger partial charge is 0.276 e. The van der Waals surface area contributed by atoms with Gasteiger partial charge in [0.15, 0.2) is 0 Å². The Balaban J connectivity index is 2.61. The highest BCUT2D eigenvalue weighted by Crippen LogP contribution is 2.20. The molecule has 1 heterocycles. The summed E-state index contributed by atoms with van der Waals surface area (Å²) in [4.78, 5) is 0. The third kappa shape index (κ3) is 4.48. The first kappa shape index (κ1) is 14.2. The van der Waals surface area contributed by atoms with Crippen LogP contribution in [0.1, 0.15) is 45.2 Å². The summed E-state index contributed by atoms with van der Waals surface area (Å²) < 4.78 is 1.84. The fraction of sp³-hybridized carbons (Fsp3) is 0.769. The molecule has 0 bridgehead atoms. The van der Waals surface area contributed by atoms with Gasteiger partial charge >= 0.3 is 0 Å². The van der Waals surface area contributed by atoms with Crippen molar-refractivity contribution in [3.05, 3.63) is 18.0 Å². The van der Waals surface area contributed by atoms with Crippen LogP contribution in [-0.2, 0) is 13.5 Å². The molecule has 98 valence electrons. The van der Waals surface area contributed by atoms with Gasteiger partial charge in [0.25, 0.3) is 0 Å². The van der Waals surface area contributed by atoms with E-state index in [1.54, 1.807) is 0 Å². The van der Waals surface area contributed by atoms with Crippen molar-refractivity contribution < 1.29 is 0 Å². The maximum Gasteiger partial charge on any atom is 0.0640 e. The van der Waals surface area contributed by atoms with Gasteiger partial charge < -0.3 is 0 Å². The molecule has 1 aromatic heterocycles. The van der Waals surface area contributed by atoms with E-state index in [2.05, 4.69) is 30.4 Å². The fourth-order valence-electron chi connectivity index (χ4n) is 2.45. The van der Waals surface area contributed by atoms with Crippen molar-refractivity contribution >= 4 is 0 Å². The summed E-state index contributed by atoms with van der Waals surface area (Å²) in [5.74, 6) is 6.35. The van der Waals surface area contributed by atoms with E-state index in [-0.39, 0.29) is 0 Å².